The van der Waals surface area contributed by atoms with Gasteiger partial charge in [0.1, 0.15) is 5.82 Å². The molecule has 0 saturated carbocycles. The van der Waals surface area contributed by atoms with Crippen molar-refractivity contribution in [2.75, 3.05) is 6.54 Å². The molecule has 1 unspecified atom stereocenters. The molecule has 1 nitrogen and oxygen atoms in total. The van der Waals surface area contributed by atoms with Gasteiger partial charge >= 0.3 is 6.18 Å². The Morgan fingerprint density at radius 3 is 2.50 bits per heavy atom. The molecule has 0 bridgehead atoms. The highest BCUT2D eigenvalue weighted by molar-refractivity contribution is 9.10. The molecule has 0 radical (unpaired) electrons. The molecule has 0 amide bonds. The van der Waals surface area contributed by atoms with Crippen molar-refractivity contribution in [2.45, 2.75) is 32.0 Å². The van der Waals surface area contributed by atoms with Gasteiger partial charge in [0.15, 0.2) is 0 Å². The summed E-state index contributed by atoms with van der Waals surface area (Å²) in [5, 5.41) is 2.83. The molecule has 0 fully saturated rings. The molecule has 0 aliphatic rings. The maximum atomic E-state index is 13.1. The third kappa shape index (κ3) is 4.94. The second-order valence-corrected chi connectivity index (χ2v) is 4.85. The SMILES string of the molecule is CCCNC(CC(F)(F)F)c1ccc(F)c(Br)c1. The van der Waals surface area contributed by atoms with Gasteiger partial charge in [-0.25, -0.2) is 4.39 Å². The number of rotatable bonds is 5. The minimum atomic E-state index is -4.26. The molecular weight excluding hydrogens is 314 g/mol. The Bertz CT molecular complexity index is 392. The molecular formula is C12H14BrF4N. The Hall–Kier alpha value is -0.620. The molecule has 1 atom stereocenters. The molecule has 18 heavy (non-hydrogen) atoms. The van der Waals surface area contributed by atoms with Gasteiger partial charge in [-0.15, -0.1) is 0 Å². The normalized spacial score (nSPS) is 13.7. The van der Waals surface area contributed by atoms with Gasteiger partial charge in [0.2, 0.25) is 0 Å². The van der Waals surface area contributed by atoms with Crippen LogP contribution in [-0.2, 0) is 0 Å². The van der Waals surface area contributed by atoms with Crippen molar-refractivity contribution in [3.8, 4) is 0 Å². The van der Waals surface area contributed by atoms with Gasteiger partial charge in [-0.05, 0) is 46.6 Å². The predicted molar refractivity (Wildman–Crippen MR) is 65.8 cm³/mol. The van der Waals surface area contributed by atoms with E-state index in [1.165, 1.54) is 12.1 Å². The third-order valence-corrected chi connectivity index (χ3v) is 3.03. The van der Waals surface area contributed by atoms with E-state index >= 15 is 0 Å². The van der Waals surface area contributed by atoms with Crippen molar-refractivity contribution >= 4 is 15.9 Å². The first kappa shape index (κ1) is 15.4. The Labute approximate surface area is 112 Å². The highest BCUT2D eigenvalue weighted by Crippen LogP contribution is 2.31. The molecule has 1 aromatic rings. The summed E-state index contributed by atoms with van der Waals surface area (Å²) in [6, 6.07) is 3.08. The summed E-state index contributed by atoms with van der Waals surface area (Å²) in [6.07, 6.45) is -4.49. The van der Waals surface area contributed by atoms with Crippen LogP contribution in [0.4, 0.5) is 17.6 Å². The van der Waals surface area contributed by atoms with Gasteiger partial charge in [-0.1, -0.05) is 13.0 Å². The largest absolute Gasteiger partial charge is 0.390 e. The van der Waals surface area contributed by atoms with Crippen LogP contribution in [0.25, 0.3) is 0 Å². The summed E-state index contributed by atoms with van der Waals surface area (Å²) < 4.78 is 50.7. The number of benzene rings is 1. The first-order valence-corrected chi connectivity index (χ1v) is 6.38. The van der Waals surface area contributed by atoms with Crippen molar-refractivity contribution in [1.82, 2.24) is 5.32 Å². The molecule has 0 saturated heterocycles. The van der Waals surface area contributed by atoms with Crippen LogP contribution in [0.5, 0.6) is 0 Å². The standard InChI is InChI=1S/C12H14BrF4N/c1-2-5-18-11(7-12(15,16)17)8-3-4-10(14)9(13)6-8/h3-4,6,11,18H,2,5,7H2,1H3. The van der Waals surface area contributed by atoms with Gasteiger partial charge in [0.05, 0.1) is 10.9 Å². The van der Waals surface area contributed by atoms with Crippen LogP contribution in [0.2, 0.25) is 0 Å². The molecule has 0 aliphatic carbocycles. The highest BCUT2D eigenvalue weighted by atomic mass is 79.9. The minimum Gasteiger partial charge on any atom is -0.310 e. The zero-order valence-corrected chi connectivity index (χ0v) is 11.4. The minimum absolute atomic E-state index is 0.172. The van der Waals surface area contributed by atoms with Crippen LogP contribution < -0.4 is 5.32 Å². The van der Waals surface area contributed by atoms with Gasteiger partial charge in [0.25, 0.3) is 0 Å². The number of hydrogen-bond donors (Lipinski definition) is 1. The lowest BCUT2D eigenvalue weighted by atomic mass is 10.0. The van der Waals surface area contributed by atoms with E-state index in [-0.39, 0.29) is 4.47 Å². The molecule has 6 heteroatoms. The predicted octanol–water partition coefficient (Wildman–Crippen LogP) is 4.58. The number of hydrogen-bond acceptors (Lipinski definition) is 1. The fourth-order valence-corrected chi connectivity index (χ4v) is 1.98. The molecule has 1 rings (SSSR count). The average molecular weight is 328 g/mol. The molecule has 1 N–H and O–H groups in total. The monoisotopic (exact) mass is 327 g/mol. The van der Waals surface area contributed by atoms with Crippen LogP contribution in [-0.4, -0.2) is 12.7 Å². The molecule has 102 valence electrons. The van der Waals surface area contributed by atoms with Gasteiger partial charge in [-0.3, -0.25) is 0 Å². The lowest BCUT2D eigenvalue weighted by Gasteiger charge is -2.20. The Morgan fingerprint density at radius 1 is 1.33 bits per heavy atom. The van der Waals surface area contributed by atoms with E-state index in [0.717, 1.165) is 12.5 Å². The van der Waals surface area contributed by atoms with Crippen molar-refractivity contribution in [3.05, 3.63) is 34.1 Å². The van der Waals surface area contributed by atoms with E-state index in [1.54, 1.807) is 0 Å². The lowest BCUT2D eigenvalue weighted by Crippen LogP contribution is -2.27. The molecule has 0 heterocycles. The van der Waals surface area contributed by atoms with E-state index in [4.69, 9.17) is 0 Å². The van der Waals surface area contributed by atoms with Gasteiger partial charge in [-0.2, -0.15) is 13.2 Å². The molecule has 0 aliphatic heterocycles. The second kappa shape index (κ2) is 6.52. The Kier molecular flexibility index (Phi) is 5.59. The first-order chi connectivity index (χ1) is 8.33. The molecule has 1 aromatic carbocycles. The van der Waals surface area contributed by atoms with Crippen molar-refractivity contribution in [1.29, 1.82) is 0 Å². The van der Waals surface area contributed by atoms with E-state index in [2.05, 4.69) is 21.2 Å². The summed E-state index contributed by atoms with van der Waals surface area (Å²) in [4.78, 5) is 0. The van der Waals surface area contributed by atoms with E-state index < -0.39 is 24.5 Å². The van der Waals surface area contributed by atoms with Gasteiger partial charge < -0.3 is 5.32 Å². The maximum absolute atomic E-state index is 13.1. The highest BCUT2D eigenvalue weighted by Gasteiger charge is 2.32. The quantitative estimate of drug-likeness (QED) is 0.780. The number of halogens is 5. The Morgan fingerprint density at radius 2 is 2.00 bits per heavy atom. The zero-order chi connectivity index (χ0) is 13.8. The summed E-state index contributed by atoms with van der Waals surface area (Å²) in [7, 11) is 0. The fourth-order valence-electron chi connectivity index (χ4n) is 1.59. The van der Waals surface area contributed by atoms with Crippen LogP contribution >= 0.6 is 15.9 Å². The van der Waals surface area contributed by atoms with Crippen LogP contribution in [0.3, 0.4) is 0 Å². The van der Waals surface area contributed by atoms with E-state index in [0.29, 0.717) is 12.1 Å². The third-order valence-electron chi connectivity index (χ3n) is 2.42. The van der Waals surface area contributed by atoms with Gasteiger partial charge in [0, 0.05) is 6.04 Å². The van der Waals surface area contributed by atoms with Crippen molar-refractivity contribution in [3.63, 3.8) is 0 Å². The molecule has 0 spiro atoms. The summed E-state index contributed by atoms with van der Waals surface area (Å²) in [5.74, 6) is -0.486. The number of nitrogens with one attached hydrogen (secondary N) is 1. The summed E-state index contributed by atoms with van der Waals surface area (Å²) in [6.45, 7) is 2.36. The summed E-state index contributed by atoms with van der Waals surface area (Å²) in [5.41, 5.74) is 0.425. The zero-order valence-electron chi connectivity index (χ0n) is 9.82. The smallest absolute Gasteiger partial charge is 0.310 e. The van der Waals surface area contributed by atoms with Crippen LogP contribution in [0.15, 0.2) is 22.7 Å². The Balaban J connectivity index is 2.90. The van der Waals surface area contributed by atoms with E-state index in [9.17, 15) is 17.6 Å². The van der Waals surface area contributed by atoms with Crippen molar-refractivity contribution < 1.29 is 17.6 Å². The topological polar surface area (TPSA) is 12.0 Å². The van der Waals surface area contributed by atoms with Crippen LogP contribution in [0, 0.1) is 5.82 Å². The van der Waals surface area contributed by atoms with Crippen molar-refractivity contribution in [2.24, 2.45) is 0 Å². The number of alkyl halides is 3. The average Bonchev–Trinajstić information content (AvgIpc) is 2.26. The summed E-state index contributed by atoms with van der Waals surface area (Å²) >= 11 is 2.98. The van der Waals surface area contributed by atoms with E-state index in [1.807, 2.05) is 6.92 Å². The first-order valence-electron chi connectivity index (χ1n) is 5.58. The molecule has 0 aromatic heterocycles. The second-order valence-electron chi connectivity index (χ2n) is 4.00. The van der Waals surface area contributed by atoms with Crippen LogP contribution in [0.1, 0.15) is 31.4 Å². The maximum Gasteiger partial charge on any atom is 0.390 e. The fraction of sp³-hybridized carbons (Fsp3) is 0.500. The lowest BCUT2D eigenvalue weighted by molar-refractivity contribution is -0.140.